The molecule has 0 amide bonds. The van der Waals surface area contributed by atoms with Crippen LogP contribution in [0.25, 0.3) is 16.6 Å². The maximum atomic E-state index is 12.9. The van der Waals surface area contributed by atoms with Gasteiger partial charge in [0.25, 0.3) is 0 Å². The van der Waals surface area contributed by atoms with Crippen LogP contribution in [0, 0.1) is 0 Å². The predicted molar refractivity (Wildman–Crippen MR) is 114 cm³/mol. The van der Waals surface area contributed by atoms with Crippen LogP contribution in [-0.2, 0) is 6.42 Å². The lowest BCUT2D eigenvalue weighted by molar-refractivity contribution is 0.0971. The Labute approximate surface area is 165 Å². The highest BCUT2D eigenvalue weighted by atomic mass is 16.1. The molecule has 2 heteroatoms. The van der Waals surface area contributed by atoms with Crippen molar-refractivity contribution < 1.29 is 4.79 Å². The molecule has 0 saturated heterocycles. The highest BCUT2D eigenvalue weighted by Gasteiger charge is 2.29. The minimum absolute atomic E-state index is 0.245. The van der Waals surface area contributed by atoms with Gasteiger partial charge in [0.05, 0.1) is 5.52 Å². The molecule has 28 heavy (non-hydrogen) atoms. The smallest absolute Gasteiger partial charge is 0.163 e. The predicted octanol–water partition coefficient (Wildman–Crippen LogP) is 6.32. The highest BCUT2D eigenvalue weighted by molar-refractivity contribution is 5.97. The molecule has 0 N–H and O–H groups in total. The second kappa shape index (κ2) is 7.12. The molecule has 138 valence electrons. The Morgan fingerprint density at radius 3 is 2.32 bits per heavy atom. The third kappa shape index (κ3) is 2.86. The Kier molecular flexibility index (Phi) is 4.32. The fourth-order valence-electron chi connectivity index (χ4n) is 4.72. The van der Waals surface area contributed by atoms with Gasteiger partial charge in [-0.3, -0.25) is 4.79 Å². The summed E-state index contributed by atoms with van der Waals surface area (Å²) in [4.78, 5) is 12.9. The van der Waals surface area contributed by atoms with Gasteiger partial charge in [0.15, 0.2) is 5.78 Å². The highest BCUT2D eigenvalue weighted by Crippen LogP contribution is 2.42. The Morgan fingerprint density at radius 2 is 1.54 bits per heavy atom. The molecule has 1 aliphatic rings. The van der Waals surface area contributed by atoms with Crippen LogP contribution in [0.1, 0.15) is 46.8 Å². The summed E-state index contributed by atoms with van der Waals surface area (Å²) >= 11 is 0. The van der Waals surface area contributed by atoms with E-state index in [2.05, 4.69) is 59.2 Å². The van der Waals surface area contributed by atoms with E-state index in [0.29, 0.717) is 6.42 Å². The molecule has 1 atom stereocenters. The van der Waals surface area contributed by atoms with E-state index in [9.17, 15) is 4.79 Å². The molecule has 2 nitrogen and oxygen atoms in total. The van der Waals surface area contributed by atoms with Crippen LogP contribution in [0.5, 0.6) is 0 Å². The van der Waals surface area contributed by atoms with Gasteiger partial charge in [-0.25, -0.2) is 0 Å². The monoisotopic (exact) mass is 365 g/mol. The van der Waals surface area contributed by atoms with Crippen molar-refractivity contribution in [2.75, 3.05) is 0 Å². The maximum Gasteiger partial charge on any atom is 0.163 e. The number of Topliss-reactive ketones (excluding diaryl/α,β-unsaturated/α-hetero) is 1. The Bertz CT molecular complexity index is 1130. The number of ketones is 1. The summed E-state index contributed by atoms with van der Waals surface area (Å²) in [5, 5.41) is 1.30. The summed E-state index contributed by atoms with van der Waals surface area (Å²) in [5.41, 5.74) is 6.04. The SMILES string of the molecule is O=C(CC1CCCc2c1c1ccccc1n2-c1ccccc1)c1ccccc1. The van der Waals surface area contributed by atoms with Gasteiger partial charge >= 0.3 is 0 Å². The fraction of sp³-hybridized carbons (Fsp3) is 0.192. The van der Waals surface area contributed by atoms with E-state index in [1.807, 2.05) is 30.3 Å². The molecule has 5 rings (SSSR count). The Balaban J connectivity index is 1.63. The minimum Gasteiger partial charge on any atom is -0.313 e. The first kappa shape index (κ1) is 17.0. The number of hydrogen-bond acceptors (Lipinski definition) is 1. The van der Waals surface area contributed by atoms with Crippen molar-refractivity contribution in [1.82, 2.24) is 4.57 Å². The Morgan fingerprint density at radius 1 is 0.857 bits per heavy atom. The maximum absolute atomic E-state index is 12.9. The van der Waals surface area contributed by atoms with Crippen molar-refractivity contribution in [2.45, 2.75) is 31.6 Å². The zero-order valence-corrected chi connectivity index (χ0v) is 15.8. The number of aromatic nitrogens is 1. The van der Waals surface area contributed by atoms with Gasteiger partial charge in [-0.1, -0.05) is 66.7 Å². The molecule has 1 heterocycles. The van der Waals surface area contributed by atoms with E-state index in [1.165, 1.54) is 27.8 Å². The summed E-state index contributed by atoms with van der Waals surface area (Å²) in [6, 6.07) is 28.9. The summed E-state index contributed by atoms with van der Waals surface area (Å²) in [6.07, 6.45) is 3.85. The molecule has 1 aliphatic carbocycles. The van der Waals surface area contributed by atoms with E-state index in [1.54, 1.807) is 0 Å². The van der Waals surface area contributed by atoms with E-state index < -0.39 is 0 Å². The van der Waals surface area contributed by atoms with Crippen molar-refractivity contribution >= 4 is 16.7 Å². The number of carbonyl (C=O) groups excluding carboxylic acids is 1. The molecule has 3 aromatic carbocycles. The standard InChI is InChI=1S/C26H23NO/c28-25(19-10-3-1-4-11-19)18-20-12-9-17-24-26(20)22-15-7-8-16-23(22)27(24)21-13-5-2-6-14-21/h1-8,10-11,13-16,20H,9,12,17-18H2. The molecular weight excluding hydrogens is 342 g/mol. The molecule has 1 unspecified atom stereocenters. The van der Waals surface area contributed by atoms with E-state index in [4.69, 9.17) is 0 Å². The number of hydrogen-bond donors (Lipinski definition) is 0. The van der Waals surface area contributed by atoms with E-state index in [-0.39, 0.29) is 11.7 Å². The molecule has 0 spiro atoms. The number of para-hydroxylation sites is 2. The molecular formula is C26H23NO. The zero-order chi connectivity index (χ0) is 18.9. The second-order valence-electron chi connectivity index (χ2n) is 7.63. The first-order valence-corrected chi connectivity index (χ1v) is 10.1. The molecule has 0 radical (unpaired) electrons. The van der Waals surface area contributed by atoms with Crippen LogP contribution in [0.4, 0.5) is 0 Å². The zero-order valence-electron chi connectivity index (χ0n) is 15.8. The number of benzene rings is 3. The first-order valence-electron chi connectivity index (χ1n) is 10.1. The van der Waals surface area contributed by atoms with Crippen LogP contribution in [0.2, 0.25) is 0 Å². The van der Waals surface area contributed by atoms with Crippen LogP contribution < -0.4 is 0 Å². The third-order valence-electron chi connectivity index (χ3n) is 5.93. The average molecular weight is 365 g/mol. The lowest BCUT2D eigenvalue weighted by Gasteiger charge is -2.24. The summed E-state index contributed by atoms with van der Waals surface area (Å²) in [7, 11) is 0. The lowest BCUT2D eigenvalue weighted by atomic mass is 9.81. The summed E-state index contributed by atoms with van der Waals surface area (Å²) in [6.45, 7) is 0. The quantitative estimate of drug-likeness (QED) is 0.388. The second-order valence-corrected chi connectivity index (χ2v) is 7.63. The Hall–Kier alpha value is -3.13. The van der Waals surface area contributed by atoms with E-state index >= 15 is 0 Å². The van der Waals surface area contributed by atoms with Gasteiger partial charge in [0.1, 0.15) is 0 Å². The van der Waals surface area contributed by atoms with Crippen LogP contribution in [0.15, 0.2) is 84.9 Å². The van der Waals surface area contributed by atoms with Gasteiger partial charge in [-0.15, -0.1) is 0 Å². The van der Waals surface area contributed by atoms with Gasteiger partial charge in [-0.05, 0) is 48.9 Å². The van der Waals surface area contributed by atoms with Crippen molar-refractivity contribution in [3.8, 4) is 5.69 Å². The molecule has 1 aromatic heterocycles. The first-order chi connectivity index (χ1) is 13.8. The lowest BCUT2D eigenvalue weighted by Crippen LogP contribution is -2.15. The number of nitrogens with zero attached hydrogens (tertiary/aromatic N) is 1. The summed E-state index contributed by atoms with van der Waals surface area (Å²) < 4.78 is 2.41. The van der Waals surface area contributed by atoms with Crippen LogP contribution >= 0.6 is 0 Å². The van der Waals surface area contributed by atoms with Crippen molar-refractivity contribution in [3.63, 3.8) is 0 Å². The largest absolute Gasteiger partial charge is 0.313 e. The molecule has 0 fully saturated rings. The van der Waals surface area contributed by atoms with Crippen LogP contribution in [0.3, 0.4) is 0 Å². The molecule has 0 saturated carbocycles. The number of rotatable bonds is 4. The van der Waals surface area contributed by atoms with Gasteiger partial charge < -0.3 is 4.57 Å². The third-order valence-corrected chi connectivity index (χ3v) is 5.93. The summed E-state index contributed by atoms with van der Waals surface area (Å²) in [5.74, 6) is 0.529. The van der Waals surface area contributed by atoms with Gasteiger partial charge in [0.2, 0.25) is 0 Å². The normalized spacial score (nSPS) is 16.1. The van der Waals surface area contributed by atoms with Crippen molar-refractivity contribution in [3.05, 3.63) is 102 Å². The van der Waals surface area contributed by atoms with Crippen molar-refractivity contribution in [1.29, 1.82) is 0 Å². The van der Waals surface area contributed by atoms with Gasteiger partial charge in [-0.2, -0.15) is 0 Å². The molecule has 0 aliphatic heterocycles. The molecule has 0 bridgehead atoms. The minimum atomic E-state index is 0.245. The van der Waals surface area contributed by atoms with Gasteiger partial charge in [0, 0.05) is 28.8 Å². The van der Waals surface area contributed by atoms with Crippen molar-refractivity contribution in [2.24, 2.45) is 0 Å². The molecule has 4 aromatic rings. The van der Waals surface area contributed by atoms with Crippen LogP contribution in [-0.4, -0.2) is 10.4 Å². The topological polar surface area (TPSA) is 22.0 Å². The van der Waals surface area contributed by atoms with E-state index in [0.717, 1.165) is 24.8 Å². The average Bonchev–Trinajstić information content (AvgIpc) is 3.10. The fourth-order valence-corrected chi connectivity index (χ4v) is 4.72. The number of carbonyl (C=O) groups is 1. The number of fused-ring (bicyclic) bond motifs is 3.